The number of fused-ring (bicyclic) bond motifs is 3. The molecule has 2 saturated carbocycles. The summed E-state index contributed by atoms with van der Waals surface area (Å²) in [7, 11) is 0. The second-order valence-corrected chi connectivity index (χ2v) is 9.69. The van der Waals surface area contributed by atoms with Gasteiger partial charge in [0.2, 0.25) is 0 Å². The van der Waals surface area contributed by atoms with Gasteiger partial charge in [-0.15, -0.1) is 0 Å². The molecule has 0 heterocycles. The number of carbonyl (C=O) groups excluding carboxylic acids is 1. The van der Waals surface area contributed by atoms with E-state index < -0.39 is 0 Å². The zero-order chi connectivity index (χ0) is 18.3. The molecule has 4 aliphatic rings. The maximum Gasteiger partial charge on any atom is 0.155 e. The van der Waals surface area contributed by atoms with Crippen molar-refractivity contribution in [1.82, 2.24) is 0 Å². The molecule has 2 heteroatoms. The van der Waals surface area contributed by atoms with Crippen molar-refractivity contribution in [3.63, 3.8) is 0 Å². The van der Waals surface area contributed by atoms with Crippen molar-refractivity contribution in [2.45, 2.75) is 71.6 Å². The van der Waals surface area contributed by atoms with Gasteiger partial charge in [0.05, 0.1) is 0 Å². The van der Waals surface area contributed by atoms with Crippen LogP contribution in [0.15, 0.2) is 23.8 Å². The minimum absolute atomic E-state index is 0.328. The topological polar surface area (TPSA) is 37.3 Å². The molecule has 4 aliphatic carbocycles. The number of hydrogen-bond donors (Lipinski definition) is 1. The predicted octanol–water partition coefficient (Wildman–Crippen LogP) is 5.32. The Labute approximate surface area is 159 Å². The van der Waals surface area contributed by atoms with E-state index in [0.29, 0.717) is 29.6 Å². The molecule has 0 spiro atoms. The van der Waals surface area contributed by atoms with Crippen LogP contribution in [-0.2, 0) is 4.79 Å². The summed E-state index contributed by atoms with van der Waals surface area (Å²) in [6, 6.07) is 0. The number of aliphatic hydroxyl groups excluding tert-OH is 1. The van der Waals surface area contributed by atoms with Gasteiger partial charge in [-0.1, -0.05) is 38.8 Å². The number of hydrogen-bond acceptors (Lipinski definition) is 2. The summed E-state index contributed by atoms with van der Waals surface area (Å²) in [6.07, 6.45) is 17.4. The molecule has 1 N–H and O–H groups in total. The molecule has 0 saturated heterocycles. The van der Waals surface area contributed by atoms with Gasteiger partial charge in [0.1, 0.15) is 0 Å². The number of carbonyl (C=O) groups is 1. The van der Waals surface area contributed by atoms with Gasteiger partial charge in [-0.3, -0.25) is 4.79 Å². The normalized spacial score (nSPS) is 44.3. The largest absolute Gasteiger partial charge is 0.396 e. The van der Waals surface area contributed by atoms with Crippen LogP contribution >= 0.6 is 0 Å². The van der Waals surface area contributed by atoms with Crippen LogP contribution in [0.3, 0.4) is 0 Å². The Hall–Kier alpha value is -0.890. The van der Waals surface area contributed by atoms with Crippen LogP contribution in [0.25, 0.3) is 0 Å². The van der Waals surface area contributed by atoms with E-state index in [1.54, 1.807) is 0 Å². The fraction of sp³-hybridized carbons (Fsp3) is 0.792. The Morgan fingerprint density at radius 2 is 2.04 bits per heavy atom. The third-order valence-electron chi connectivity index (χ3n) is 8.50. The lowest BCUT2D eigenvalue weighted by molar-refractivity contribution is -0.115. The third-order valence-corrected chi connectivity index (χ3v) is 8.50. The van der Waals surface area contributed by atoms with Crippen molar-refractivity contribution >= 4 is 5.78 Å². The highest BCUT2D eigenvalue weighted by Gasteiger charge is 2.57. The smallest absolute Gasteiger partial charge is 0.155 e. The summed E-state index contributed by atoms with van der Waals surface area (Å²) in [6.45, 7) is 5.19. The van der Waals surface area contributed by atoms with Crippen molar-refractivity contribution < 1.29 is 9.90 Å². The van der Waals surface area contributed by atoms with E-state index >= 15 is 0 Å². The summed E-state index contributed by atoms with van der Waals surface area (Å²) in [5, 5.41) is 9.28. The monoisotopic (exact) mass is 356 g/mol. The summed E-state index contributed by atoms with van der Waals surface area (Å²) in [5.74, 6) is 5.03. The first-order valence-corrected chi connectivity index (χ1v) is 11.1. The predicted molar refractivity (Wildman–Crippen MR) is 106 cm³/mol. The fourth-order valence-electron chi connectivity index (χ4n) is 6.97. The number of rotatable bonds is 6. The molecule has 26 heavy (non-hydrogen) atoms. The van der Waals surface area contributed by atoms with E-state index in [9.17, 15) is 9.90 Å². The first-order valence-electron chi connectivity index (χ1n) is 11.1. The van der Waals surface area contributed by atoms with Crippen LogP contribution in [0, 0.1) is 40.9 Å². The molecule has 0 bridgehead atoms. The van der Waals surface area contributed by atoms with Gasteiger partial charge in [-0.05, 0) is 91.1 Å². The van der Waals surface area contributed by atoms with Crippen molar-refractivity contribution in [3.05, 3.63) is 23.8 Å². The van der Waals surface area contributed by atoms with Crippen molar-refractivity contribution in [3.8, 4) is 0 Å². The average Bonchev–Trinajstić information content (AvgIpc) is 3.36. The molecule has 2 nitrogen and oxygen atoms in total. The summed E-state index contributed by atoms with van der Waals surface area (Å²) < 4.78 is 0. The van der Waals surface area contributed by atoms with Crippen LogP contribution in [0.2, 0.25) is 0 Å². The maximum atomic E-state index is 11.9. The second-order valence-electron chi connectivity index (χ2n) is 9.69. The molecule has 144 valence electrons. The first kappa shape index (κ1) is 18.5. The Morgan fingerprint density at radius 3 is 2.73 bits per heavy atom. The lowest BCUT2D eigenvalue weighted by atomic mass is 9.50. The summed E-state index contributed by atoms with van der Waals surface area (Å²) in [4.78, 5) is 11.9. The van der Waals surface area contributed by atoms with Crippen LogP contribution in [-0.4, -0.2) is 17.5 Å². The van der Waals surface area contributed by atoms with Crippen molar-refractivity contribution in [2.24, 2.45) is 40.9 Å². The Balaban J connectivity index is 1.64. The number of allylic oxidation sites excluding steroid dienone is 4. The molecule has 2 fully saturated rings. The van der Waals surface area contributed by atoms with E-state index in [0.717, 1.165) is 42.9 Å². The summed E-state index contributed by atoms with van der Waals surface area (Å²) in [5.41, 5.74) is 1.80. The van der Waals surface area contributed by atoms with Crippen molar-refractivity contribution in [1.29, 1.82) is 0 Å². The van der Waals surface area contributed by atoms with Gasteiger partial charge in [-0.25, -0.2) is 0 Å². The molecule has 0 aliphatic heterocycles. The lowest BCUT2D eigenvalue weighted by Crippen LogP contribution is -2.47. The number of ketones is 1. The van der Waals surface area contributed by atoms with E-state index in [-0.39, 0.29) is 0 Å². The Kier molecular flexibility index (Phi) is 5.16. The molecule has 0 radical (unpaired) electrons. The minimum Gasteiger partial charge on any atom is -0.396 e. The van der Waals surface area contributed by atoms with Gasteiger partial charge in [-0.2, -0.15) is 0 Å². The van der Waals surface area contributed by atoms with Crippen LogP contribution in [0.1, 0.15) is 71.6 Å². The minimum atomic E-state index is 0.328. The SMILES string of the molecule is CCC1(CCCCO)CCC2C3CCC(=O)C=C3C=CC2C1C1CC1C. The molecule has 0 aromatic rings. The molecule has 4 rings (SSSR count). The number of aliphatic hydroxyl groups is 1. The molecule has 0 aromatic heterocycles. The van der Waals surface area contributed by atoms with E-state index in [1.165, 1.54) is 44.1 Å². The van der Waals surface area contributed by atoms with E-state index in [4.69, 9.17) is 0 Å². The van der Waals surface area contributed by atoms with Crippen LogP contribution in [0.5, 0.6) is 0 Å². The highest BCUT2D eigenvalue weighted by molar-refractivity contribution is 5.91. The Bertz CT molecular complexity index is 603. The van der Waals surface area contributed by atoms with Gasteiger partial charge in [0.15, 0.2) is 5.78 Å². The zero-order valence-electron chi connectivity index (χ0n) is 16.6. The summed E-state index contributed by atoms with van der Waals surface area (Å²) >= 11 is 0. The molecule has 0 amide bonds. The third kappa shape index (κ3) is 3.13. The molecule has 7 atom stereocenters. The zero-order valence-corrected chi connectivity index (χ0v) is 16.6. The van der Waals surface area contributed by atoms with E-state index in [2.05, 4.69) is 26.0 Å². The van der Waals surface area contributed by atoms with Gasteiger partial charge >= 0.3 is 0 Å². The van der Waals surface area contributed by atoms with Crippen molar-refractivity contribution in [2.75, 3.05) is 6.61 Å². The first-order chi connectivity index (χ1) is 12.6. The van der Waals surface area contributed by atoms with Crippen LogP contribution < -0.4 is 0 Å². The maximum absolute atomic E-state index is 11.9. The molecular formula is C24H36O2. The highest BCUT2D eigenvalue weighted by atomic mass is 16.2. The second kappa shape index (κ2) is 7.26. The highest BCUT2D eigenvalue weighted by Crippen LogP contribution is 2.64. The lowest BCUT2D eigenvalue weighted by Gasteiger charge is -2.55. The molecule has 0 aromatic carbocycles. The van der Waals surface area contributed by atoms with Gasteiger partial charge in [0.25, 0.3) is 0 Å². The molecular weight excluding hydrogens is 320 g/mol. The Morgan fingerprint density at radius 1 is 1.23 bits per heavy atom. The van der Waals surface area contributed by atoms with Crippen LogP contribution in [0.4, 0.5) is 0 Å². The fourth-order valence-corrected chi connectivity index (χ4v) is 6.97. The van der Waals surface area contributed by atoms with Gasteiger partial charge < -0.3 is 5.11 Å². The average molecular weight is 357 g/mol. The standard InChI is InChI=1S/C24H36O2/c1-3-24(11-4-5-13-25)12-10-20-19-9-7-18(26)15-17(19)6-8-21(20)23(24)22-14-16(22)2/h6,8,15-16,19-23,25H,3-5,7,9-14H2,1-2H3. The quantitative estimate of drug-likeness (QED) is 0.654. The number of unbranched alkanes of at least 4 members (excludes halogenated alkanes) is 1. The van der Waals surface area contributed by atoms with Gasteiger partial charge in [0, 0.05) is 13.0 Å². The van der Waals surface area contributed by atoms with E-state index in [1.807, 2.05) is 6.08 Å². The molecule has 7 unspecified atom stereocenters.